The lowest BCUT2D eigenvalue weighted by atomic mass is 9.98. The van der Waals surface area contributed by atoms with Gasteiger partial charge in [-0.2, -0.15) is 8.78 Å². The van der Waals surface area contributed by atoms with Crippen molar-refractivity contribution < 1.29 is 33.0 Å². The van der Waals surface area contributed by atoms with E-state index in [4.69, 9.17) is 9.84 Å². The maximum Gasteiger partial charge on any atom is 0.407 e. The number of fused-ring (bicyclic) bond motifs is 3. The molecule has 0 spiro atoms. The molecular weight excluding hydrogens is 434 g/mol. The smallest absolute Gasteiger partial charge is 0.407 e. The van der Waals surface area contributed by atoms with Gasteiger partial charge in [0, 0.05) is 12.5 Å². The molecule has 0 saturated carbocycles. The van der Waals surface area contributed by atoms with Gasteiger partial charge in [0.25, 0.3) is 5.91 Å². The molecule has 2 aromatic carbocycles. The second-order valence-electron chi connectivity index (χ2n) is 8.36. The number of carbonyl (C=O) groups excluding carboxylic acids is 2. The van der Waals surface area contributed by atoms with E-state index >= 15 is 0 Å². The number of benzene rings is 2. The predicted octanol–water partition coefficient (Wildman–Crippen LogP) is 3.73. The van der Waals surface area contributed by atoms with Crippen molar-refractivity contribution in [2.24, 2.45) is 5.92 Å². The van der Waals surface area contributed by atoms with Crippen LogP contribution in [0.25, 0.3) is 11.1 Å². The summed E-state index contributed by atoms with van der Waals surface area (Å²) in [6.07, 6.45) is -1.09. The van der Waals surface area contributed by atoms with Gasteiger partial charge in [-0.1, -0.05) is 62.4 Å². The third-order valence-corrected chi connectivity index (χ3v) is 5.31. The predicted molar refractivity (Wildman–Crippen MR) is 117 cm³/mol. The highest BCUT2D eigenvalue weighted by molar-refractivity contribution is 5.87. The molecule has 2 aromatic rings. The van der Waals surface area contributed by atoms with Crippen molar-refractivity contribution in [3.63, 3.8) is 0 Å². The number of ether oxygens (including phenoxy) is 1. The molecule has 33 heavy (non-hydrogen) atoms. The fraction of sp³-hybridized carbons (Fsp3) is 0.375. The highest BCUT2D eigenvalue weighted by atomic mass is 19.3. The summed E-state index contributed by atoms with van der Waals surface area (Å²) in [5, 5.41) is 10.8. The molecule has 0 unspecified atom stereocenters. The second-order valence-corrected chi connectivity index (χ2v) is 8.36. The minimum atomic E-state index is -3.98. The van der Waals surface area contributed by atoms with Crippen LogP contribution in [0.3, 0.4) is 0 Å². The van der Waals surface area contributed by atoms with Gasteiger partial charge in [-0.25, -0.2) is 4.79 Å². The van der Waals surface area contributed by atoms with Crippen molar-refractivity contribution in [3.05, 3.63) is 59.7 Å². The SMILES string of the molecule is CC(C)CN(CC(=O)O)C(=O)C(F)(F)CNC(=O)OCC1c2ccccc2-c2ccccc21. The molecule has 2 amide bonds. The van der Waals surface area contributed by atoms with E-state index in [-0.39, 0.29) is 25.0 Å². The third-order valence-electron chi connectivity index (χ3n) is 5.31. The fourth-order valence-corrected chi connectivity index (χ4v) is 3.96. The molecule has 0 aromatic heterocycles. The Morgan fingerprint density at radius 2 is 1.61 bits per heavy atom. The lowest BCUT2D eigenvalue weighted by Crippen LogP contribution is -2.52. The number of aliphatic carboxylic acids is 1. The zero-order chi connectivity index (χ0) is 24.2. The van der Waals surface area contributed by atoms with Crippen LogP contribution >= 0.6 is 0 Å². The number of alkyl halides is 2. The number of nitrogens with zero attached hydrogens (tertiary/aromatic N) is 1. The van der Waals surface area contributed by atoms with Gasteiger partial charge < -0.3 is 20.1 Å². The number of hydrogen-bond donors (Lipinski definition) is 2. The second kappa shape index (κ2) is 9.97. The van der Waals surface area contributed by atoms with Gasteiger partial charge in [0.05, 0.1) is 6.54 Å². The van der Waals surface area contributed by atoms with E-state index in [1.54, 1.807) is 13.8 Å². The number of amides is 2. The van der Waals surface area contributed by atoms with Gasteiger partial charge in [0.15, 0.2) is 0 Å². The van der Waals surface area contributed by atoms with Gasteiger partial charge in [0.2, 0.25) is 0 Å². The van der Waals surface area contributed by atoms with E-state index in [1.165, 1.54) is 0 Å². The molecule has 176 valence electrons. The first kappa shape index (κ1) is 24.2. The molecular formula is C24H26F2N2O5. The largest absolute Gasteiger partial charge is 0.480 e. The van der Waals surface area contributed by atoms with Crippen LogP contribution in [-0.4, -0.2) is 60.1 Å². The molecule has 1 aliphatic carbocycles. The van der Waals surface area contributed by atoms with Crippen LogP contribution in [-0.2, 0) is 14.3 Å². The molecule has 7 nitrogen and oxygen atoms in total. The van der Waals surface area contributed by atoms with Crippen LogP contribution in [0.2, 0.25) is 0 Å². The Bertz CT molecular complexity index is 996. The topological polar surface area (TPSA) is 95.9 Å². The van der Waals surface area contributed by atoms with E-state index in [0.29, 0.717) is 4.90 Å². The molecule has 0 heterocycles. The van der Waals surface area contributed by atoms with E-state index in [9.17, 15) is 23.2 Å². The lowest BCUT2D eigenvalue weighted by molar-refractivity contribution is -0.161. The maximum atomic E-state index is 14.4. The summed E-state index contributed by atoms with van der Waals surface area (Å²) in [6, 6.07) is 15.4. The number of halogens is 2. The number of hydrogen-bond acceptors (Lipinski definition) is 4. The Hall–Kier alpha value is -3.49. The highest BCUT2D eigenvalue weighted by Crippen LogP contribution is 2.44. The van der Waals surface area contributed by atoms with Crippen LogP contribution in [0.1, 0.15) is 30.9 Å². The van der Waals surface area contributed by atoms with Crippen molar-refractivity contribution in [1.82, 2.24) is 10.2 Å². The highest BCUT2D eigenvalue weighted by Gasteiger charge is 2.43. The molecule has 0 fully saturated rings. The average Bonchev–Trinajstić information content (AvgIpc) is 3.08. The molecule has 1 aliphatic rings. The van der Waals surface area contributed by atoms with Crippen LogP contribution in [0, 0.1) is 5.92 Å². The molecule has 3 rings (SSSR count). The molecule has 0 saturated heterocycles. The van der Waals surface area contributed by atoms with Crippen molar-refractivity contribution in [1.29, 1.82) is 0 Å². The summed E-state index contributed by atoms with van der Waals surface area (Å²) in [7, 11) is 0. The summed E-state index contributed by atoms with van der Waals surface area (Å²) < 4.78 is 34.0. The van der Waals surface area contributed by atoms with E-state index in [1.807, 2.05) is 53.8 Å². The first-order valence-corrected chi connectivity index (χ1v) is 10.6. The summed E-state index contributed by atoms with van der Waals surface area (Å²) in [4.78, 5) is 35.9. The standard InChI is InChI=1S/C24H26F2N2O5/c1-15(2)11-28(12-21(29)30)22(31)24(25,26)14-27-23(32)33-13-20-18-9-5-3-7-16(18)17-8-4-6-10-19(17)20/h3-10,15,20H,11-14H2,1-2H3,(H,27,32)(H,29,30). The van der Waals surface area contributed by atoms with Crippen LogP contribution in [0.5, 0.6) is 0 Å². The number of carboxylic acids is 1. The average molecular weight is 460 g/mol. The van der Waals surface area contributed by atoms with Crippen LogP contribution in [0.4, 0.5) is 13.6 Å². The Balaban J connectivity index is 1.60. The van der Waals surface area contributed by atoms with Gasteiger partial charge >= 0.3 is 18.0 Å². The molecule has 0 atom stereocenters. The van der Waals surface area contributed by atoms with Gasteiger partial charge in [0.1, 0.15) is 13.2 Å². The maximum absolute atomic E-state index is 14.4. The van der Waals surface area contributed by atoms with Gasteiger partial charge in [-0.05, 0) is 28.2 Å². The minimum absolute atomic E-state index is 0.0577. The van der Waals surface area contributed by atoms with Crippen LogP contribution in [0.15, 0.2) is 48.5 Å². The quantitative estimate of drug-likeness (QED) is 0.595. The Labute approximate surface area is 190 Å². The van der Waals surface area contributed by atoms with Crippen molar-refractivity contribution >= 4 is 18.0 Å². The molecule has 0 bridgehead atoms. The van der Waals surface area contributed by atoms with Gasteiger partial charge in [-0.15, -0.1) is 0 Å². The molecule has 9 heteroatoms. The summed E-state index contributed by atoms with van der Waals surface area (Å²) >= 11 is 0. The summed E-state index contributed by atoms with van der Waals surface area (Å²) in [5.74, 6) is -7.47. The minimum Gasteiger partial charge on any atom is -0.480 e. The van der Waals surface area contributed by atoms with Crippen LogP contribution < -0.4 is 5.32 Å². The number of nitrogens with one attached hydrogen (secondary N) is 1. The van der Waals surface area contributed by atoms with Crippen molar-refractivity contribution in [2.75, 3.05) is 26.2 Å². The zero-order valence-electron chi connectivity index (χ0n) is 18.4. The number of alkyl carbamates (subject to hydrolysis) is 1. The molecule has 0 radical (unpaired) electrons. The first-order valence-electron chi connectivity index (χ1n) is 10.6. The first-order chi connectivity index (χ1) is 15.6. The molecule has 2 N–H and O–H groups in total. The Kier molecular flexibility index (Phi) is 7.30. The number of rotatable bonds is 9. The summed E-state index contributed by atoms with van der Waals surface area (Å²) in [5.41, 5.74) is 4.01. The Morgan fingerprint density at radius 3 is 2.12 bits per heavy atom. The number of carbonyl (C=O) groups is 3. The third kappa shape index (κ3) is 5.66. The number of carboxylic acid groups (broad SMARTS) is 1. The normalized spacial score (nSPS) is 12.8. The van der Waals surface area contributed by atoms with Crippen molar-refractivity contribution in [3.8, 4) is 11.1 Å². The van der Waals surface area contributed by atoms with E-state index in [2.05, 4.69) is 0 Å². The fourth-order valence-electron chi connectivity index (χ4n) is 3.96. The molecule has 0 aliphatic heterocycles. The zero-order valence-corrected chi connectivity index (χ0v) is 18.4. The van der Waals surface area contributed by atoms with E-state index in [0.717, 1.165) is 22.3 Å². The monoisotopic (exact) mass is 460 g/mol. The van der Waals surface area contributed by atoms with Crippen molar-refractivity contribution in [2.45, 2.75) is 25.7 Å². The summed E-state index contributed by atoms with van der Waals surface area (Å²) in [6.45, 7) is 1.00. The lowest BCUT2D eigenvalue weighted by Gasteiger charge is -2.27. The van der Waals surface area contributed by atoms with E-state index < -0.39 is 37.0 Å². The van der Waals surface area contributed by atoms with Gasteiger partial charge in [-0.3, -0.25) is 9.59 Å². The Morgan fingerprint density at radius 1 is 1.06 bits per heavy atom.